The van der Waals surface area contributed by atoms with Crippen LogP contribution in [0.5, 0.6) is 34.5 Å². The van der Waals surface area contributed by atoms with E-state index in [1.54, 1.807) is 48.5 Å². The molecule has 0 spiro atoms. The molecule has 2 amide bonds. The average Bonchev–Trinajstić information content (AvgIpc) is 1.56. The number of benzene rings is 12. The summed E-state index contributed by atoms with van der Waals surface area (Å²) < 4.78 is 12.7. The van der Waals surface area contributed by atoms with Crippen molar-refractivity contribution in [1.29, 1.82) is 0 Å². The van der Waals surface area contributed by atoms with E-state index in [0.29, 0.717) is 56.4 Å². The number of amides is 2. The molecule has 0 heterocycles. The number of phenolic OH excluding ortho intramolecular Hbond substituents is 2. The van der Waals surface area contributed by atoms with Crippen LogP contribution >= 0.6 is 0 Å². The van der Waals surface area contributed by atoms with Crippen LogP contribution in [-0.4, -0.2) is 22.0 Å². The third-order valence-corrected chi connectivity index (χ3v) is 15.3. The summed E-state index contributed by atoms with van der Waals surface area (Å²) in [5, 5.41) is 28.4. The first kappa shape index (κ1) is 57.1. The summed E-state index contributed by atoms with van der Waals surface area (Å²) in [7, 11) is 0. The maximum atomic E-state index is 13.9. The van der Waals surface area contributed by atoms with E-state index >= 15 is 0 Å². The lowest BCUT2D eigenvalue weighted by Gasteiger charge is -2.34. The molecule has 12 aromatic carbocycles. The van der Waals surface area contributed by atoms with Gasteiger partial charge in [-0.1, -0.05) is 193 Å². The Labute approximate surface area is 527 Å². The summed E-state index contributed by atoms with van der Waals surface area (Å²) in [5.74, 6) is 25.9. The molecule has 91 heavy (non-hydrogen) atoms. The van der Waals surface area contributed by atoms with Gasteiger partial charge >= 0.3 is 0 Å². The molecule has 0 bridgehead atoms. The van der Waals surface area contributed by atoms with Gasteiger partial charge in [0.25, 0.3) is 11.8 Å². The summed E-state index contributed by atoms with van der Waals surface area (Å²) in [6.07, 6.45) is 0. The van der Waals surface area contributed by atoms with Crippen molar-refractivity contribution in [3.05, 3.63) is 369 Å². The summed E-state index contributed by atoms with van der Waals surface area (Å²) in [6, 6.07) is 91.2. The number of fused-ring (bicyclic) bond motifs is 3. The molecule has 12 aromatic rings. The highest BCUT2D eigenvalue weighted by molar-refractivity contribution is 6.06. The van der Waals surface area contributed by atoms with E-state index < -0.39 is 17.2 Å². The molecular formula is C83H52N2O6. The first-order valence-corrected chi connectivity index (χ1v) is 29.3. The van der Waals surface area contributed by atoms with E-state index in [9.17, 15) is 19.8 Å². The van der Waals surface area contributed by atoms with Gasteiger partial charge in [0, 0.05) is 67.8 Å². The first-order chi connectivity index (χ1) is 44.7. The number of phenols is 2. The lowest BCUT2D eigenvalue weighted by Crippen LogP contribution is -2.28. The normalized spacial score (nSPS) is 11.2. The Hall–Kier alpha value is -13.0. The molecular weight excluding hydrogens is 1120 g/mol. The fourth-order valence-electron chi connectivity index (χ4n) is 11.1. The Morgan fingerprint density at radius 3 is 0.901 bits per heavy atom. The molecule has 0 aliphatic heterocycles. The number of anilines is 2. The molecule has 0 atom stereocenters. The fourth-order valence-corrected chi connectivity index (χ4v) is 11.1. The van der Waals surface area contributed by atoms with Gasteiger partial charge in [-0.15, -0.1) is 0 Å². The van der Waals surface area contributed by atoms with Crippen LogP contribution < -0.4 is 20.1 Å². The second-order valence-electron chi connectivity index (χ2n) is 21.4. The van der Waals surface area contributed by atoms with Crippen LogP contribution in [0.4, 0.5) is 11.4 Å². The summed E-state index contributed by atoms with van der Waals surface area (Å²) in [6.45, 7) is 0. The Kier molecular flexibility index (Phi) is 16.3. The molecule has 8 heteroatoms. The number of aromatic hydroxyl groups is 2. The number of ether oxygens (including phenoxy) is 2. The Balaban J connectivity index is 0.723. The lowest BCUT2D eigenvalue weighted by molar-refractivity contribution is 0.101. The van der Waals surface area contributed by atoms with Gasteiger partial charge < -0.3 is 30.3 Å². The maximum Gasteiger partial charge on any atom is 0.255 e. The molecule has 430 valence electrons. The second-order valence-corrected chi connectivity index (χ2v) is 21.4. The topological polar surface area (TPSA) is 117 Å². The van der Waals surface area contributed by atoms with Crippen LogP contribution in [-0.2, 0) is 5.41 Å². The number of hydrogen-bond donors (Lipinski definition) is 4. The fraction of sp³-hybridized carbons (Fsp3) is 0.0120. The molecule has 0 saturated heterocycles. The van der Waals surface area contributed by atoms with Crippen molar-refractivity contribution in [2.24, 2.45) is 0 Å². The van der Waals surface area contributed by atoms with Crippen LogP contribution in [0, 0.1) is 47.4 Å². The zero-order valence-electron chi connectivity index (χ0n) is 48.7. The monoisotopic (exact) mass is 1170 g/mol. The van der Waals surface area contributed by atoms with Gasteiger partial charge in [-0.3, -0.25) is 9.59 Å². The lowest BCUT2D eigenvalue weighted by atomic mass is 9.68. The molecule has 0 fully saturated rings. The number of rotatable bonds is 10. The third-order valence-electron chi connectivity index (χ3n) is 15.3. The van der Waals surface area contributed by atoms with Crippen molar-refractivity contribution in [1.82, 2.24) is 0 Å². The van der Waals surface area contributed by atoms with E-state index in [1.165, 1.54) is 12.1 Å². The second kappa shape index (κ2) is 25.9. The number of nitrogens with one attached hydrogen (secondary N) is 2. The van der Waals surface area contributed by atoms with E-state index in [4.69, 9.17) is 9.47 Å². The van der Waals surface area contributed by atoms with Crippen molar-refractivity contribution in [2.45, 2.75) is 5.41 Å². The van der Waals surface area contributed by atoms with Gasteiger partial charge in [0.2, 0.25) is 0 Å². The van der Waals surface area contributed by atoms with E-state index in [0.717, 1.165) is 55.6 Å². The molecule has 1 aliphatic carbocycles. The van der Waals surface area contributed by atoms with Crippen LogP contribution in [0.25, 0.3) is 11.1 Å². The molecule has 0 unspecified atom stereocenters. The number of carbonyl (C=O) groups is 2. The molecule has 1 aliphatic rings. The Morgan fingerprint density at radius 1 is 0.297 bits per heavy atom. The largest absolute Gasteiger partial charge is 0.506 e. The van der Waals surface area contributed by atoms with E-state index in [1.807, 2.05) is 158 Å². The first-order valence-electron chi connectivity index (χ1n) is 29.3. The van der Waals surface area contributed by atoms with Crippen LogP contribution in [0.3, 0.4) is 0 Å². The highest BCUT2D eigenvalue weighted by Crippen LogP contribution is 2.56. The van der Waals surface area contributed by atoms with Crippen LogP contribution in [0.1, 0.15) is 87.5 Å². The van der Waals surface area contributed by atoms with Gasteiger partial charge in [-0.05, 0) is 167 Å². The average molecular weight is 1170 g/mol. The number of carbonyl (C=O) groups excluding carboxylic acids is 2. The SMILES string of the molecule is O=C(Nc1ccc(Oc2ccc(C3(c4ccc(Oc5ccc(NC(=O)c6cc(C#Cc7ccccc7)cc(C#Cc7ccccc7)c6)c(O)c5)cc4)c4ccccc4-c4ccccc43)cc2)cc1O)c1cc(C#Cc2ccccc2)cc(C#Cc2ccccc2)c1. The summed E-state index contributed by atoms with van der Waals surface area (Å²) in [4.78, 5) is 27.8. The number of hydrogen-bond acceptors (Lipinski definition) is 6. The van der Waals surface area contributed by atoms with Crippen molar-refractivity contribution in [3.63, 3.8) is 0 Å². The van der Waals surface area contributed by atoms with Crippen molar-refractivity contribution >= 4 is 23.2 Å². The zero-order valence-corrected chi connectivity index (χ0v) is 48.7. The van der Waals surface area contributed by atoms with Crippen LogP contribution in [0.15, 0.2) is 291 Å². The minimum absolute atomic E-state index is 0.182. The minimum Gasteiger partial charge on any atom is -0.506 e. The summed E-state index contributed by atoms with van der Waals surface area (Å²) in [5.41, 5.74) is 12.5. The van der Waals surface area contributed by atoms with Crippen molar-refractivity contribution < 1.29 is 29.3 Å². The maximum absolute atomic E-state index is 13.9. The van der Waals surface area contributed by atoms with Gasteiger partial charge in [-0.2, -0.15) is 0 Å². The third kappa shape index (κ3) is 12.9. The quantitative estimate of drug-likeness (QED) is 0.0801. The molecule has 0 radical (unpaired) electrons. The zero-order chi connectivity index (χ0) is 61.9. The molecule has 13 rings (SSSR count). The predicted molar refractivity (Wildman–Crippen MR) is 359 cm³/mol. The highest BCUT2D eigenvalue weighted by atomic mass is 16.5. The predicted octanol–water partition coefficient (Wildman–Crippen LogP) is 17.1. The van der Waals surface area contributed by atoms with Crippen molar-refractivity contribution in [2.75, 3.05) is 10.6 Å². The van der Waals surface area contributed by atoms with Gasteiger partial charge in [0.15, 0.2) is 0 Å². The highest BCUT2D eigenvalue weighted by Gasteiger charge is 2.46. The van der Waals surface area contributed by atoms with Crippen LogP contribution in [0.2, 0.25) is 0 Å². The molecule has 0 aromatic heterocycles. The molecule has 4 N–H and O–H groups in total. The Morgan fingerprint density at radius 2 is 0.582 bits per heavy atom. The van der Waals surface area contributed by atoms with E-state index in [2.05, 4.69) is 131 Å². The Bertz CT molecular complexity index is 4530. The van der Waals surface area contributed by atoms with Gasteiger partial charge in [0.05, 0.1) is 16.8 Å². The smallest absolute Gasteiger partial charge is 0.255 e. The van der Waals surface area contributed by atoms with Gasteiger partial charge in [0.1, 0.15) is 34.5 Å². The minimum atomic E-state index is -0.757. The van der Waals surface area contributed by atoms with Crippen molar-refractivity contribution in [3.8, 4) is 93.0 Å². The molecule has 0 saturated carbocycles. The molecule has 8 nitrogen and oxygen atoms in total. The summed E-state index contributed by atoms with van der Waals surface area (Å²) >= 11 is 0. The van der Waals surface area contributed by atoms with E-state index in [-0.39, 0.29) is 22.9 Å². The standard InChI is InChI=1S/C83H52N2O6/c86-79-55-71(45-47-77(79)84-81(88)65-51-61(33-29-57-17-5-1-6-18-57)49-62(52-65)34-30-58-19-7-2-8-20-58)90-69-41-37-67(38-42-69)83(75-27-15-13-25-73(75)74-26-14-16-28-76(74)83)68-39-43-70(44-40-68)91-72-46-48-78(80(87)56-72)85-82(89)66-53-63(35-31-59-21-9-3-10-22-59)50-64(54-66)36-32-60-23-11-4-12-24-60/h1-28,37-56,86-87H,(H,84,88)(H,85,89). The van der Waals surface area contributed by atoms with Gasteiger partial charge in [-0.25, -0.2) is 0 Å².